The Bertz CT molecular complexity index is 1170. The molecule has 10 heteroatoms. The molecular formula is C23H25Cl3N4O3. The minimum atomic E-state index is -0.616. The number of hydrogen-bond donors (Lipinski definition) is 1. The van der Waals surface area contributed by atoms with Crippen molar-refractivity contribution in [3.05, 3.63) is 73.6 Å². The molecule has 1 aromatic heterocycles. The minimum Gasteiger partial charge on any atom is -0.377 e. The fourth-order valence-electron chi connectivity index (χ4n) is 3.23. The summed E-state index contributed by atoms with van der Waals surface area (Å²) in [6, 6.07) is 12.2. The molecule has 0 aliphatic carbocycles. The predicted molar refractivity (Wildman–Crippen MR) is 131 cm³/mol. The number of methoxy groups -OCH3 is 1. The van der Waals surface area contributed by atoms with Gasteiger partial charge in [0.1, 0.15) is 6.54 Å². The van der Waals surface area contributed by atoms with E-state index in [4.69, 9.17) is 39.5 Å². The summed E-state index contributed by atoms with van der Waals surface area (Å²) in [7, 11) is 1.58. The molecule has 3 rings (SSSR count). The van der Waals surface area contributed by atoms with Crippen molar-refractivity contribution in [2.45, 2.75) is 39.0 Å². The first-order valence-corrected chi connectivity index (χ1v) is 11.4. The molecule has 2 aromatic carbocycles. The zero-order valence-corrected chi connectivity index (χ0v) is 20.8. The van der Waals surface area contributed by atoms with Gasteiger partial charge in [-0.15, -0.1) is 5.10 Å². The molecule has 3 aromatic rings. The van der Waals surface area contributed by atoms with E-state index >= 15 is 0 Å². The molecule has 7 nitrogen and oxygen atoms in total. The lowest BCUT2D eigenvalue weighted by atomic mass is 10.1. The van der Waals surface area contributed by atoms with E-state index in [-0.39, 0.29) is 19.0 Å². The highest BCUT2D eigenvalue weighted by atomic mass is 35.5. The third kappa shape index (κ3) is 6.38. The lowest BCUT2D eigenvalue weighted by Gasteiger charge is -2.23. The number of hydrogen-bond acceptors (Lipinski definition) is 4. The molecule has 0 saturated carbocycles. The molecule has 0 unspecified atom stereocenters. The van der Waals surface area contributed by atoms with Crippen LogP contribution in [0.3, 0.4) is 0 Å². The number of carbonyl (C=O) groups excluding carboxylic acids is 1. The number of ether oxygens (including phenoxy) is 1. The Balaban J connectivity index is 1.78. The SMILES string of the molecule is COC(C)(C)Cn1c(-c2ccc(Cl)cc2)nn(CC(=O)NCCc2c(Cl)cccc2Cl)c1=O. The smallest absolute Gasteiger partial charge is 0.346 e. The van der Waals surface area contributed by atoms with Crippen LogP contribution < -0.4 is 11.0 Å². The quantitative estimate of drug-likeness (QED) is 0.460. The lowest BCUT2D eigenvalue weighted by Crippen LogP contribution is -2.38. The van der Waals surface area contributed by atoms with Gasteiger partial charge in [-0.25, -0.2) is 9.48 Å². The van der Waals surface area contributed by atoms with E-state index in [0.29, 0.717) is 39.4 Å². The molecule has 176 valence electrons. The predicted octanol–water partition coefficient (Wildman–Crippen LogP) is 4.46. The Morgan fingerprint density at radius 1 is 1.09 bits per heavy atom. The second-order valence-electron chi connectivity index (χ2n) is 8.12. The van der Waals surface area contributed by atoms with Crippen molar-refractivity contribution in [3.63, 3.8) is 0 Å². The van der Waals surface area contributed by atoms with Crippen molar-refractivity contribution in [2.24, 2.45) is 0 Å². The number of aromatic nitrogens is 3. The highest BCUT2D eigenvalue weighted by molar-refractivity contribution is 6.36. The van der Waals surface area contributed by atoms with E-state index in [2.05, 4.69) is 10.4 Å². The third-order valence-corrected chi connectivity index (χ3v) is 6.13. The topological polar surface area (TPSA) is 78.2 Å². The third-order valence-electron chi connectivity index (χ3n) is 5.17. The molecule has 0 aliphatic heterocycles. The van der Waals surface area contributed by atoms with Crippen LogP contribution in [0.1, 0.15) is 19.4 Å². The van der Waals surface area contributed by atoms with Gasteiger partial charge in [0, 0.05) is 34.3 Å². The van der Waals surface area contributed by atoms with Crippen molar-refractivity contribution in [1.29, 1.82) is 0 Å². The molecule has 0 aliphatic rings. The molecule has 33 heavy (non-hydrogen) atoms. The summed E-state index contributed by atoms with van der Waals surface area (Å²) in [5.41, 5.74) is 0.440. The summed E-state index contributed by atoms with van der Waals surface area (Å²) in [5.74, 6) is 0.0797. The summed E-state index contributed by atoms with van der Waals surface area (Å²) in [6.07, 6.45) is 0.464. The first kappa shape index (κ1) is 25.3. The second kappa shape index (κ2) is 10.7. The number of carbonyl (C=O) groups is 1. The van der Waals surface area contributed by atoms with Gasteiger partial charge in [0.2, 0.25) is 5.91 Å². The number of amides is 1. The van der Waals surface area contributed by atoms with Crippen molar-refractivity contribution in [3.8, 4) is 11.4 Å². The molecule has 1 heterocycles. The average Bonchev–Trinajstić information content (AvgIpc) is 3.05. The number of rotatable bonds is 9. The number of nitrogens with zero attached hydrogens (tertiary/aromatic N) is 3. The summed E-state index contributed by atoms with van der Waals surface area (Å²) in [4.78, 5) is 25.7. The Morgan fingerprint density at radius 2 is 1.73 bits per heavy atom. The van der Waals surface area contributed by atoms with Crippen LogP contribution in [0, 0.1) is 0 Å². The maximum absolute atomic E-state index is 13.1. The van der Waals surface area contributed by atoms with Gasteiger partial charge < -0.3 is 10.1 Å². The Morgan fingerprint density at radius 3 is 2.33 bits per heavy atom. The van der Waals surface area contributed by atoms with E-state index in [1.807, 2.05) is 13.8 Å². The molecule has 0 saturated heterocycles. The molecule has 1 amide bonds. The Hall–Kier alpha value is -2.32. The van der Waals surface area contributed by atoms with Gasteiger partial charge >= 0.3 is 5.69 Å². The fourth-order valence-corrected chi connectivity index (χ4v) is 3.95. The number of nitrogens with one attached hydrogen (secondary N) is 1. The van der Waals surface area contributed by atoms with Crippen LogP contribution in [0.25, 0.3) is 11.4 Å². The summed E-state index contributed by atoms with van der Waals surface area (Å²) >= 11 is 18.4. The number of benzene rings is 2. The first-order chi connectivity index (χ1) is 15.6. The van der Waals surface area contributed by atoms with E-state index in [1.54, 1.807) is 49.6 Å². The lowest BCUT2D eigenvalue weighted by molar-refractivity contribution is -0.121. The van der Waals surface area contributed by atoms with Crippen LogP contribution in [-0.4, -0.2) is 39.5 Å². The monoisotopic (exact) mass is 510 g/mol. The van der Waals surface area contributed by atoms with Gasteiger partial charge in [-0.3, -0.25) is 9.36 Å². The summed E-state index contributed by atoms with van der Waals surface area (Å²) < 4.78 is 8.14. The second-order valence-corrected chi connectivity index (χ2v) is 9.37. The average molecular weight is 512 g/mol. The molecule has 0 radical (unpaired) electrons. The van der Waals surface area contributed by atoms with Crippen LogP contribution in [-0.2, 0) is 29.0 Å². The van der Waals surface area contributed by atoms with Crippen molar-refractivity contribution in [2.75, 3.05) is 13.7 Å². The molecule has 0 spiro atoms. The maximum Gasteiger partial charge on any atom is 0.346 e. The highest BCUT2D eigenvalue weighted by Gasteiger charge is 2.24. The van der Waals surface area contributed by atoms with E-state index in [0.717, 1.165) is 10.2 Å². The van der Waals surface area contributed by atoms with Crippen LogP contribution in [0.15, 0.2) is 47.3 Å². The largest absolute Gasteiger partial charge is 0.377 e. The first-order valence-electron chi connectivity index (χ1n) is 10.3. The molecule has 1 N–H and O–H groups in total. The molecule has 0 atom stereocenters. The zero-order valence-electron chi connectivity index (χ0n) is 18.6. The van der Waals surface area contributed by atoms with Crippen molar-refractivity contribution in [1.82, 2.24) is 19.7 Å². The van der Waals surface area contributed by atoms with E-state index in [9.17, 15) is 9.59 Å². The van der Waals surface area contributed by atoms with E-state index in [1.165, 1.54) is 4.57 Å². The van der Waals surface area contributed by atoms with Crippen LogP contribution >= 0.6 is 34.8 Å². The van der Waals surface area contributed by atoms with Gasteiger partial charge in [0.25, 0.3) is 0 Å². The maximum atomic E-state index is 13.1. The molecular weight excluding hydrogens is 487 g/mol. The summed E-state index contributed by atoms with van der Waals surface area (Å²) in [5, 5.41) is 8.87. The van der Waals surface area contributed by atoms with Gasteiger partial charge in [-0.2, -0.15) is 0 Å². The van der Waals surface area contributed by atoms with Crippen molar-refractivity contribution < 1.29 is 9.53 Å². The van der Waals surface area contributed by atoms with E-state index < -0.39 is 11.3 Å². The van der Waals surface area contributed by atoms with Crippen LogP contribution in [0.4, 0.5) is 0 Å². The van der Waals surface area contributed by atoms with Crippen LogP contribution in [0.2, 0.25) is 15.1 Å². The molecule has 0 fully saturated rings. The normalized spacial score (nSPS) is 11.6. The Kier molecular flexibility index (Phi) is 8.23. The summed E-state index contributed by atoms with van der Waals surface area (Å²) in [6.45, 7) is 4.09. The van der Waals surface area contributed by atoms with Gasteiger partial charge in [0.05, 0.1) is 12.1 Å². The highest BCUT2D eigenvalue weighted by Crippen LogP contribution is 2.24. The fraction of sp³-hybridized carbons (Fsp3) is 0.348. The minimum absolute atomic E-state index is 0.226. The standard InChI is InChI=1S/C23H25Cl3N4O3/c1-23(2,33-3)14-29-21(15-7-9-16(24)10-8-15)28-30(22(29)32)13-20(31)27-12-11-17-18(25)5-4-6-19(17)26/h4-10H,11-14H2,1-3H3,(H,27,31). The van der Waals surface area contributed by atoms with Gasteiger partial charge in [-0.1, -0.05) is 40.9 Å². The van der Waals surface area contributed by atoms with Crippen molar-refractivity contribution >= 4 is 40.7 Å². The van der Waals surface area contributed by atoms with Crippen LogP contribution in [0.5, 0.6) is 0 Å². The van der Waals surface area contributed by atoms with Gasteiger partial charge in [-0.05, 0) is 62.2 Å². The Labute approximate surface area is 207 Å². The molecule has 0 bridgehead atoms. The number of halogens is 3. The zero-order chi connectivity index (χ0) is 24.2. The van der Waals surface area contributed by atoms with Gasteiger partial charge in [0.15, 0.2) is 5.82 Å².